The second kappa shape index (κ2) is 6.70. The van der Waals surface area contributed by atoms with Gasteiger partial charge in [0, 0.05) is 12.1 Å². The number of ether oxygens (including phenoxy) is 1. The lowest BCUT2D eigenvalue weighted by Crippen LogP contribution is -2.28. The third-order valence-corrected chi connectivity index (χ3v) is 2.93. The number of hydrogen-bond donors (Lipinski definition) is 1. The zero-order valence-corrected chi connectivity index (χ0v) is 12.2. The van der Waals surface area contributed by atoms with Gasteiger partial charge in [-0.2, -0.15) is 0 Å². The number of amides is 1. The molecule has 8 heteroatoms. The van der Waals surface area contributed by atoms with Gasteiger partial charge in [-0.25, -0.2) is 4.98 Å². The van der Waals surface area contributed by atoms with E-state index in [1.807, 2.05) is 6.92 Å². The Balaban J connectivity index is 1.78. The molecule has 1 heterocycles. The molecule has 8 nitrogen and oxygen atoms in total. The van der Waals surface area contributed by atoms with E-state index in [9.17, 15) is 14.9 Å². The molecule has 2 rings (SSSR count). The number of rotatable bonds is 6. The van der Waals surface area contributed by atoms with Gasteiger partial charge in [-0.05, 0) is 26.0 Å². The summed E-state index contributed by atoms with van der Waals surface area (Å²) >= 11 is 0. The number of aromatic nitrogens is 1. The van der Waals surface area contributed by atoms with E-state index in [1.54, 1.807) is 6.92 Å². The van der Waals surface area contributed by atoms with Gasteiger partial charge in [0.15, 0.2) is 6.61 Å². The Kier molecular flexibility index (Phi) is 4.72. The highest BCUT2D eigenvalue weighted by molar-refractivity contribution is 5.77. The summed E-state index contributed by atoms with van der Waals surface area (Å²) in [6, 6.07) is 5.50. The largest absolute Gasteiger partial charge is 0.484 e. The molecular weight excluding hydrogens is 290 g/mol. The van der Waals surface area contributed by atoms with Gasteiger partial charge in [0.2, 0.25) is 5.89 Å². The maximum Gasteiger partial charge on any atom is 0.269 e. The molecule has 1 aromatic heterocycles. The SMILES string of the molecule is Cc1nc(CNC(=O)COc2ccc([N+](=O)[O-])cc2)oc1C. The zero-order valence-electron chi connectivity index (χ0n) is 12.2. The number of aryl methyl sites for hydroxylation is 2. The van der Waals surface area contributed by atoms with Crippen molar-refractivity contribution in [1.29, 1.82) is 0 Å². The molecular formula is C14H15N3O5. The van der Waals surface area contributed by atoms with Gasteiger partial charge in [-0.1, -0.05) is 0 Å². The van der Waals surface area contributed by atoms with Crippen molar-refractivity contribution in [3.63, 3.8) is 0 Å². The molecule has 1 aromatic carbocycles. The van der Waals surface area contributed by atoms with Crippen molar-refractivity contribution in [2.24, 2.45) is 0 Å². The van der Waals surface area contributed by atoms with Crippen LogP contribution in [0.4, 0.5) is 5.69 Å². The fourth-order valence-electron chi connectivity index (χ4n) is 1.65. The molecule has 22 heavy (non-hydrogen) atoms. The minimum absolute atomic E-state index is 0.0357. The quantitative estimate of drug-likeness (QED) is 0.645. The average molecular weight is 305 g/mol. The van der Waals surface area contributed by atoms with Crippen LogP contribution in [0.3, 0.4) is 0 Å². The fourth-order valence-corrected chi connectivity index (χ4v) is 1.65. The lowest BCUT2D eigenvalue weighted by atomic mass is 10.3. The van der Waals surface area contributed by atoms with Crippen molar-refractivity contribution in [3.05, 3.63) is 51.7 Å². The second-order valence-electron chi connectivity index (χ2n) is 4.57. The summed E-state index contributed by atoms with van der Waals surface area (Å²) in [7, 11) is 0. The first-order chi connectivity index (χ1) is 10.5. The second-order valence-corrected chi connectivity index (χ2v) is 4.57. The van der Waals surface area contributed by atoms with Crippen LogP contribution in [0.2, 0.25) is 0 Å². The molecule has 2 aromatic rings. The number of oxazole rings is 1. The van der Waals surface area contributed by atoms with Crippen LogP contribution < -0.4 is 10.1 Å². The van der Waals surface area contributed by atoms with Gasteiger partial charge in [0.25, 0.3) is 11.6 Å². The maximum atomic E-state index is 11.6. The highest BCUT2D eigenvalue weighted by Gasteiger charge is 2.09. The predicted molar refractivity (Wildman–Crippen MR) is 76.4 cm³/mol. The number of carbonyl (C=O) groups is 1. The van der Waals surface area contributed by atoms with Crippen molar-refractivity contribution in [2.75, 3.05) is 6.61 Å². The van der Waals surface area contributed by atoms with Crippen LogP contribution in [0, 0.1) is 24.0 Å². The van der Waals surface area contributed by atoms with E-state index < -0.39 is 4.92 Å². The molecule has 0 atom stereocenters. The molecule has 0 aliphatic carbocycles. The molecule has 0 unspecified atom stereocenters. The number of benzene rings is 1. The van der Waals surface area contributed by atoms with Gasteiger partial charge in [0.1, 0.15) is 11.5 Å². The van der Waals surface area contributed by atoms with E-state index >= 15 is 0 Å². The normalized spacial score (nSPS) is 10.3. The molecule has 1 N–H and O–H groups in total. The minimum atomic E-state index is -0.503. The highest BCUT2D eigenvalue weighted by atomic mass is 16.6. The molecule has 0 saturated heterocycles. The summed E-state index contributed by atoms with van der Waals surface area (Å²) < 4.78 is 10.6. The Bertz CT molecular complexity index is 659. The Morgan fingerprint density at radius 2 is 2.05 bits per heavy atom. The standard InChI is InChI=1S/C14H15N3O5/c1-9-10(2)22-14(16-9)7-15-13(18)8-21-12-5-3-11(4-6-12)17(19)20/h3-6H,7-8H2,1-2H3,(H,15,18). The van der Waals surface area contributed by atoms with Crippen LogP contribution in [0.1, 0.15) is 17.3 Å². The number of nitro groups is 1. The third-order valence-electron chi connectivity index (χ3n) is 2.93. The fraction of sp³-hybridized carbons (Fsp3) is 0.286. The van der Waals surface area contributed by atoms with E-state index in [-0.39, 0.29) is 24.7 Å². The molecule has 0 fully saturated rings. The molecule has 0 spiro atoms. The lowest BCUT2D eigenvalue weighted by molar-refractivity contribution is -0.384. The van der Waals surface area contributed by atoms with E-state index in [0.717, 1.165) is 5.69 Å². The minimum Gasteiger partial charge on any atom is -0.484 e. The lowest BCUT2D eigenvalue weighted by Gasteiger charge is -2.06. The summed E-state index contributed by atoms with van der Waals surface area (Å²) in [4.78, 5) is 25.8. The topological polar surface area (TPSA) is 108 Å². The van der Waals surface area contributed by atoms with Crippen LogP contribution in [-0.4, -0.2) is 22.4 Å². The maximum absolute atomic E-state index is 11.6. The first-order valence-corrected chi connectivity index (χ1v) is 6.52. The monoisotopic (exact) mass is 305 g/mol. The van der Waals surface area contributed by atoms with Gasteiger partial charge >= 0.3 is 0 Å². The van der Waals surface area contributed by atoms with Crippen LogP contribution in [0.5, 0.6) is 5.75 Å². The van der Waals surface area contributed by atoms with Gasteiger partial charge in [-0.3, -0.25) is 14.9 Å². The van der Waals surface area contributed by atoms with Crippen molar-refractivity contribution < 1.29 is 18.9 Å². The Morgan fingerprint density at radius 3 is 2.59 bits per heavy atom. The first-order valence-electron chi connectivity index (χ1n) is 6.52. The van der Waals surface area contributed by atoms with Crippen LogP contribution >= 0.6 is 0 Å². The molecule has 0 saturated carbocycles. The Labute approximate surface area is 126 Å². The Hall–Kier alpha value is -2.90. The summed E-state index contributed by atoms with van der Waals surface area (Å²) in [5.74, 6) is 1.18. The van der Waals surface area contributed by atoms with Crippen molar-refractivity contribution in [1.82, 2.24) is 10.3 Å². The number of nitro benzene ring substituents is 1. The molecule has 1 amide bonds. The van der Waals surface area contributed by atoms with Crippen molar-refractivity contribution >= 4 is 11.6 Å². The first kappa shape index (κ1) is 15.5. The van der Waals surface area contributed by atoms with Gasteiger partial charge in [-0.15, -0.1) is 0 Å². The summed E-state index contributed by atoms with van der Waals surface area (Å²) in [6.07, 6.45) is 0. The number of nitrogens with one attached hydrogen (secondary N) is 1. The molecule has 0 bridgehead atoms. The number of nitrogens with zero attached hydrogens (tertiary/aromatic N) is 2. The predicted octanol–water partition coefficient (Wildman–Crippen LogP) is 1.89. The highest BCUT2D eigenvalue weighted by Crippen LogP contribution is 2.17. The molecule has 0 aliphatic heterocycles. The van der Waals surface area contributed by atoms with Crippen molar-refractivity contribution in [2.45, 2.75) is 20.4 Å². The van der Waals surface area contributed by atoms with Crippen LogP contribution in [-0.2, 0) is 11.3 Å². The van der Waals surface area contributed by atoms with E-state index in [1.165, 1.54) is 24.3 Å². The summed E-state index contributed by atoms with van der Waals surface area (Å²) in [5, 5.41) is 13.1. The average Bonchev–Trinajstić information content (AvgIpc) is 2.82. The number of non-ortho nitro benzene ring substituents is 1. The zero-order chi connectivity index (χ0) is 16.1. The number of hydrogen-bond acceptors (Lipinski definition) is 6. The third kappa shape index (κ3) is 4.05. The van der Waals surface area contributed by atoms with Crippen LogP contribution in [0.25, 0.3) is 0 Å². The van der Waals surface area contributed by atoms with E-state index in [2.05, 4.69) is 10.3 Å². The van der Waals surface area contributed by atoms with Crippen molar-refractivity contribution in [3.8, 4) is 5.75 Å². The molecule has 0 radical (unpaired) electrons. The summed E-state index contributed by atoms with van der Waals surface area (Å²) in [6.45, 7) is 3.60. The van der Waals surface area contributed by atoms with E-state index in [0.29, 0.717) is 17.4 Å². The smallest absolute Gasteiger partial charge is 0.269 e. The van der Waals surface area contributed by atoms with Gasteiger partial charge in [0.05, 0.1) is 17.2 Å². The van der Waals surface area contributed by atoms with Crippen LogP contribution in [0.15, 0.2) is 28.7 Å². The molecule has 116 valence electrons. The Morgan fingerprint density at radius 1 is 1.36 bits per heavy atom. The van der Waals surface area contributed by atoms with E-state index in [4.69, 9.17) is 9.15 Å². The molecule has 0 aliphatic rings. The number of carbonyl (C=O) groups excluding carboxylic acids is 1. The summed E-state index contributed by atoms with van der Waals surface area (Å²) in [5.41, 5.74) is 0.748. The van der Waals surface area contributed by atoms with Gasteiger partial charge < -0.3 is 14.5 Å².